The minimum Gasteiger partial charge on any atom is -0.444 e. The van der Waals surface area contributed by atoms with Gasteiger partial charge in [0.05, 0.1) is 12.2 Å². The van der Waals surface area contributed by atoms with E-state index in [0.717, 1.165) is 0 Å². The Balaban J connectivity index is 1.24. The van der Waals surface area contributed by atoms with Gasteiger partial charge in [0.2, 0.25) is 0 Å². The average Bonchev–Trinajstić information content (AvgIpc) is 3.23. The first kappa shape index (κ1) is 23.2. The van der Waals surface area contributed by atoms with Crippen LogP contribution in [0, 0.1) is 0 Å². The Hall–Kier alpha value is -2.98. The highest BCUT2D eigenvalue weighted by Gasteiger charge is 2.30. The number of aliphatic hydroxyl groups excluding tert-OH is 1. The molecule has 0 unspecified atom stereocenters. The zero-order valence-corrected chi connectivity index (χ0v) is 19.2. The molecule has 10 heteroatoms. The van der Waals surface area contributed by atoms with Crippen LogP contribution in [0.4, 0.5) is 4.79 Å². The molecule has 1 N–H and O–H groups in total. The summed E-state index contributed by atoms with van der Waals surface area (Å²) in [6, 6.07) is 6.93. The van der Waals surface area contributed by atoms with E-state index in [1.165, 1.54) is 0 Å². The summed E-state index contributed by atoms with van der Waals surface area (Å²) < 4.78 is 16.7. The molecule has 2 fully saturated rings. The maximum absolute atomic E-state index is 12.3. The molecule has 33 heavy (non-hydrogen) atoms. The van der Waals surface area contributed by atoms with Crippen LogP contribution in [0.1, 0.15) is 49.8 Å². The van der Waals surface area contributed by atoms with E-state index < -0.39 is 11.7 Å². The second kappa shape index (κ2) is 9.48. The summed E-state index contributed by atoms with van der Waals surface area (Å²) in [6.45, 7) is 7.68. The van der Waals surface area contributed by atoms with E-state index in [1.54, 1.807) is 34.1 Å². The summed E-state index contributed by atoms with van der Waals surface area (Å²) in [5.41, 5.74) is 0.750. The maximum atomic E-state index is 12.3. The summed E-state index contributed by atoms with van der Waals surface area (Å²) in [6.07, 6.45) is 0.723. The molecule has 2 saturated heterocycles. The van der Waals surface area contributed by atoms with Crippen LogP contribution < -0.4 is 0 Å². The fourth-order valence-corrected chi connectivity index (χ4v) is 3.71. The minimum absolute atomic E-state index is 0.0101. The molecule has 1 aromatic carbocycles. The zero-order valence-electron chi connectivity index (χ0n) is 19.2. The van der Waals surface area contributed by atoms with Crippen LogP contribution in [0.3, 0.4) is 0 Å². The number of aliphatic hydroxyl groups is 1. The number of benzene rings is 1. The molecule has 1 aromatic heterocycles. The summed E-state index contributed by atoms with van der Waals surface area (Å²) in [7, 11) is 0. The van der Waals surface area contributed by atoms with Crippen LogP contribution in [0.2, 0.25) is 0 Å². The number of hydrogen-bond donors (Lipinski definition) is 1. The number of nitrogens with zero attached hydrogens (tertiary/aromatic N) is 4. The number of β-amino-alcohol motifs (C(OH)–C–C–N with tert-alkyl or cyclic N) is 1. The lowest BCUT2D eigenvalue weighted by atomic mass is 10.1. The van der Waals surface area contributed by atoms with E-state index in [2.05, 4.69) is 10.1 Å². The molecule has 0 radical (unpaired) electrons. The van der Waals surface area contributed by atoms with Crippen molar-refractivity contribution >= 4 is 12.0 Å². The third-order valence-electron chi connectivity index (χ3n) is 5.54. The number of aromatic nitrogens is 2. The first-order valence-electron chi connectivity index (χ1n) is 11.2. The molecule has 2 aliphatic rings. The number of amides is 2. The fraction of sp³-hybridized carbons (Fsp3) is 0.565. The minimum atomic E-state index is -0.505. The molecule has 0 spiro atoms. The molecular formula is C23H30N4O6. The largest absolute Gasteiger partial charge is 0.444 e. The Bertz CT molecular complexity index is 970. The first-order valence-corrected chi connectivity index (χ1v) is 11.2. The Kier molecular flexibility index (Phi) is 6.66. The number of hydrogen-bond acceptors (Lipinski definition) is 8. The van der Waals surface area contributed by atoms with E-state index in [0.29, 0.717) is 61.9 Å². The van der Waals surface area contributed by atoms with E-state index >= 15 is 0 Å². The van der Waals surface area contributed by atoms with Crippen molar-refractivity contribution in [3.8, 4) is 11.5 Å². The second-order valence-electron chi connectivity index (χ2n) is 9.43. The zero-order chi connectivity index (χ0) is 23.6. The smallest absolute Gasteiger partial charge is 0.410 e. The summed E-state index contributed by atoms with van der Waals surface area (Å²) in [5, 5.41) is 13.3. The Labute approximate surface area is 192 Å². The molecule has 178 valence electrons. The van der Waals surface area contributed by atoms with Crippen molar-refractivity contribution in [2.24, 2.45) is 0 Å². The van der Waals surface area contributed by atoms with Crippen LogP contribution in [-0.2, 0) is 16.1 Å². The van der Waals surface area contributed by atoms with Crippen molar-refractivity contribution in [1.82, 2.24) is 19.9 Å². The second-order valence-corrected chi connectivity index (χ2v) is 9.43. The van der Waals surface area contributed by atoms with Gasteiger partial charge in [-0.25, -0.2) is 4.79 Å². The number of carbonyl (C=O) groups is 2. The lowest BCUT2D eigenvalue weighted by Crippen LogP contribution is -2.53. The third kappa shape index (κ3) is 5.88. The van der Waals surface area contributed by atoms with Crippen molar-refractivity contribution in [1.29, 1.82) is 0 Å². The Morgan fingerprint density at radius 1 is 1.12 bits per heavy atom. The van der Waals surface area contributed by atoms with Crippen LogP contribution in [0.5, 0.6) is 0 Å². The summed E-state index contributed by atoms with van der Waals surface area (Å²) >= 11 is 0. The number of carbonyl (C=O) groups excluding carboxylic acids is 2. The monoisotopic (exact) mass is 458 g/mol. The van der Waals surface area contributed by atoms with Gasteiger partial charge in [-0.2, -0.15) is 4.98 Å². The van der Waals surface area contributed by atoms with E-state index in [9.17, 15) is 14.7 Å². The topological polar surface area (TPSA) is 118 Å². The predicted octanol–water partition coefficient (Wildman–Crippen LogP) is 2.47. The van der Waals surface area contributed by atoms with E-state index in [1.807, 2.05) is 20.8 Å². The number of piperidine rings is 1. The van der Waals surface area contributed by atoms with Gasteiger partial charge in [-0.15, -0.1) is 0 Å². The van der Waals surface area contributed by atoms with Crippen molar-refractivity contribution in [3.05, 3.63) is 35.7 Å². The standard InChI is InChI=1S/C23H30N4O6/c1-23(2,3)32-22(30)26-10-8-18(9-11-26)31-14-19-24-20(33-25-19)15-4-6-16(7-5-15)21(29)27-12-17(28)13-27/h4-7,17-18,28H,8-14H2,1-3H3. The van der Waals surface area contributed by atoms with Gasteiger partial charge in [0.1, 0.15) is 12.2 Å². The Morgan fingerprint density at radius 3 is 2.39 bits per heavy atom. The highest BCUT2D eigenvalue weighted by Crippen LogP contribution is 2.22. The number of likely N-dealkylation sites (tertiary alicyclic amines) is 2. The van der Waals surface area contributed by atoms with Crippen LogP contribution in [-0.4, -0.2) is 81.0 Å². The summed E-state index contributed by atoms with van der Waals surface area (Å²) in [4.78, 5) is 32.1. The maximum Gasteiger partial charge on any atom is 0.410 e. The van der Waals surface area contributed by atoms with Crippen molar-refractivity contribution in [2.45, 2.75) is 58.0 Å². The average molecular weight is 459 g/mol. The molecule has 4 rings (SSSR count). The van der Waals surface area contributed by atoms with Crippen molar-refractivity contribution < 1.29 is 28.7 Å². The van der Waals surface area contributed by atoms with Crippen molar-refractivity contribution in [2.75, 3.05) is 26.2 Å². The SMILES string of the molecule is CC(C)(C)OC(=O)N1CCC(OCc2noc(-c3ccc(C(=O)N4CC(O)C4)cc3)n2)CC1. The lowest BCUT2D eigenvalue weighted by molar-refractivity contribution is -0.0190. The van der Waals surface area contributed by atoms with E-state index in [4.69, 9.17) is 14.0 Å². The summed E-state index contributed by atoms with van der Waals surface area (Å²) in [5.74, 6) is 0.685. The quantitative estimate of drug-likeness (QED) is 0.726. The molecule has 2 aromatic rings. The van der Waals surface area contributed by atoms with Gasteiger partial charge in [-0.1, -0.05) is 5.16 Å². The van der Waals surface area contributed by atoms with Crippen LogP contribution >= 0.6 is 0 Å². The van der Waals surface area contributed by atoms with Crippen molar-refractivity contribution in [3.63, 3.8) is 0 Å². The molecule has 3 heterocycles. The molecule has 2 amide bonds. The van der Waals surface area contributed by atoms with Gasteiger partial charge in [-0.3, -0.25) is 4.79 Å². The van der Waals surface area contributed by atoms with Gasteiger partial charge in [0.25, 0.3) is 11.8 Å². The first-order chi connectivity index (χ1) is 15.7. The molecular weight excluding hydrogens is 428 g/mol. The van der Waals surface area contributed by atoms with E-state index in [-0.39, 0.29) is 24.7 Å². The predicted molar refractivity (Wildman–Crippen MR) is 117 cm³/mol. The van der Waals surface area contributed by atoms with Crippen LogP contribution in [0.15, 0.2) is 28.8 Å². The van der Waals surface area contributed by atoms with Gasteiger partial charge in [-0.05, 0) is 57.9 Å². The molecule has 0 bridgehead atoms. The molecule has 10 nitrogen and oxygen atoms in total. The van der Waals surface area contributed by atoms with Gasteiger partial charge < -0.3 is 28.9 Å². The highest BCUT2D eigenvalue weighted by atomic mass is 16.6. The highest BCUT2D eigenvalue weighted by molar-refractivity contribution is 5.95. The van der Waals surface area contributed by atoms with Gasteiger partial charge in [0.15, 0.2) is 5.82 Å². The number of rotatable bonds is 5. The fourth-order valence-electron chi connectivity index (χ4n) is 3.71. The normalized spacial score (nSPS) is 17.7. The van der Waals surface area contributed by atoms with Gasteiger partial charge >= 0.3 is 6.09 Å². The molecule has 0 saturated carbocycles. The molecule has 0 aliphatic carbocycles. The molecule has 2 aliphatic heterocycles. The third-order valence-corrected chi connectivity index (χ3v) is 5.54. The number of ether oxygens (including phenoxy) is 2. The molecule has 0 atom stereocenters. The van der Waals surface area contributed by atoms with Crippen LogP contribution in [0.25, 0.3) is 11.5 Å². The lowest BCUT2D eigenvalue weighted by Gasteiger charge is -2.35. The van der Waals surface area contributed by atoms with Gasteiger partial charge in [0, 0.05) is 37.3 Å². The Morgan fingerprint density at radius 2 is 1.79 bits per heavy atom.